The fourth-order valence-electron chi connectivity index (χ4n) is 2.41. The van der Waals surface area contributed by atoms with E-state index in [9.17, 15) is 9.50 Å². The third-order valence-corrected chi connectivity index (χ3v) is 3.45. The lowest BCUT2D eigenvalue weighted by Gasteiger charge is -2.21. The zero-order chi connectivity index (χ0) is 15.4. The predicted octanol–water partition coefficient (Wildman–Crippen LogP) is 4.06. The summed E-state index contributed by atoms with van der Waals surface area (Å²) in [5.41, 5.74) is 2.03. The average Bonchev–Trinajstić information content (AvgIpc) is 2.47. The van der Waals surface area contributed by atoms with Gasteiger partial charge in [-0.2, -0.15) is 0 Å². The zero-order valence-electron chi connectivity index (χ0n) is 12.4. The summed E-state index contributed by atoms with van der Waals surface area (Å²) in [4.78, 5) is 0. The highest BCUT2D eigenvalue weighted by molar-refractivity contribution is 5.54. The number of hydrogen-bond acceptors (Lipinski definition) is 3. The number of hydrogen-bond donors (Lipinski definition) is 2. The first kappa shape index (κ1) is 15.3. The molecule has 2 aromatic carbocycles. The van der Waals surface area contributed by atoms with Crippen LogP contribution in [-0.2, 0) is 0 Å². The summed E-state index contributed by atoms with van der Waals surface area (Å²) >= 11 is 0. The van der Waals surface area contributed by atoms with E-state index in [0.717, 1.165) is 11.3 Å². The van der Waals surface area contributed by atoms with E-state index in [1.165, 1.54) is 13.2 Å². The van der Waals surface area contributed by atoms with Gasteiger partial charge in [-0.1, -0.05) is 24.3 Å². The second-order valence-electron chi connectivity index (χ2n) is 4.99. The number of nitrogens with one attached hydrogen (secondary N) is 1. The van der Waals surface area contributed by atoms with Crippen molar-refractivity contribution in [3.8, 4) is 5.75 Å². The summed E-state index contributed by atoms with van der Waals surface area (Å²) in [6.07, 6.45) is -0.594. The molecule has 112 valence electrons. The van der Waals surface area contributed by atoms with Crippen LogP contribution in [0.1, 0.15) is 37.1 Å². The number of methoxy groups -OCH3 is 1. The van der Waals surface area contributed by atoms with Crippen molar-refractivity contribution >= 4 is 5.69 Å². The normalized spacial score (nSPS) is 13.6. The molecule has 0 fully saturated rings. The molecule has 0 bridgehead atoms. The van der Waals surface area contributed by atoms with Gasteiger partial charge in [-0.15, -0.1) is 0 Å². The summed E-state index contributed by atoms with van der Waals surface area (Å²) in [5.74, 6) is 0.188. The van der Waals surface area contributed by atoms with Crippen LogP contribution >= 0.6 is 0 Å². The molecule has 0 aromatic heterocycles. The monoisotopic (exact) mass is 289 g/mol. The molecular weight excluding hydrogens is 269 g/mol. The minimum Gasteiger partial charge on any atom is -0.496 e. The van der Waals surface area contributed by atoms with Crippen molar-refractivity contribution in [3.63, 3.8) is 0 Å². The largest absolute Gasteiger partial charge is 0.496 e. The van der Waals surface area contributed by atoms with Gasteiger partial charge in [-0.25, -0.2) is 4.39 Å². The number of ether oxygens (including phenoxy) is 1. The van der Waals surface area contributed by atoms with Gasteiger partial charge in [0.2, 0.25) is 0 Å². The second kappa shape index (κ2) is 6.59. The number of aliphatic hydroxyl groups excluding tert-OH is 1. The van der Waals surface area contributed by atoms with Crippen molar-refractivity contribution in [2.24, 2.45) is 0 Å². The van der Waals surface area contributed by atoms with Crippen molar-refractivity contribution in [1.29, 1.82) is 0 Å². The molecule has 2 rings (SSSR count). The van der Waals surface area contributed by atoms with Crippen LogP contribution in [0, 0.1) is 5.82 Å². The Morgan fingerprint density at radius 1 is 1.10 bits per heavy atom. The van der Waals surface area contributed by atoms with Gasteiger partial charge in [-0.3, -0.25) is 0 Å². The van der Waals surface area contributed by atoms with Gasteiger partial charge in [0.1, 0.15) is 11.6 Å². The lowest BCUT2D eigenvalue weighted by molar-refractivity contribution is 0.200. The maximum absolute atomic E-state index is 14.1. The van der Waals surface area contributed by atoms with Gasteiger partial charge in [-0.05, 0) is 32.0 Å². The molecule has 0 spiro atoms. The number of halogens is 1. The van der Waals surface area contributed by atoms with Gasteiger partial charge in [0.05, 0.1) is 24.8 Å². The molecule has 0 heterocycles. The third kappa shape index (κ3) is 3.34. The molecule has 2 N–H and O–H groups in total. The van der Waals surface area contributed by atoms with Gasteiger partial charge in [0.25, 0.3) is 0 Å². The summed E-state index contributed by atoms with van der Waals surface area (Å²) in [7, 11) is 1.52. The lowest BCUT2D eigenvalue weighted by atomic mass is 10.0. The van der Waals surface area contributed by atoms with Crippen molar-refractivity contribution in [2.45, 2.75) is 26.0 Å². The number of benzene rings is 2. The van der Waals surface area contributed by atoms with Crippen LogP contribution in [0.3, 0.4) is 0 Å². The van der Waals surface area contributed by atoms with Crippen molar-refractivity contribution in [3.05, 3.63) is 59.4 Å². The smallest absolute Gasteiger partial charge is 0.132 e. The highest BCUT2D eigenvalue weighted by atomic mass is 19.1. The SMILES string of the molecule is COc1cccc(F)c1C(C)Nc1ccccc1C(C)O. The molecule has 2 unspecified atom stereocenters. The minimum atomic E-state index is -0.594. The lowest BCUT2D eigenvalue weighted by Crippen LogP contribution is -2.12. The quantitative estimate of drug-likeness (QED) is 0.872. The number of rotatable bonds is 5. The first-order valence-electron chi connectivity index (χ1n) is 6.90. The van der Waals surface area contributed by atoms with Crippen LogP contribution in [0.4, 0.5) is 10.1 Å². The van der Waals surface area contributed by atoms with E-state index in [1.54, 1.807) is 19.1 Å². The molecule has 0 aliphatic carbocycles. The number of para-hydroxylation sites is 1. The van der Waals surface area contributed by atoms with Crippen LogP contribution in [-0.4, -0.2) is 12.2 Å². The van der Waals surface area contributed by atoms with Crippen molar-refractivity contribution in [2.75, 3.05) is 12.4 Å². The molecule has 0 saturated carbocycles. The number of anilines is 1. The van der Waals surface area contributed by atoms with Crippen molar-refractivity contribution < 1.29 is 14.2 Å². The average molecular weight is 289 g/mol. The van der Waals surface area contributed by atoms with Gasteiger partial charge >= 0.3 is 0 Å². The van der Waals surface area contributed by atoms with Gasteiger partial charge in [0, 0.05) is 11.3 Å². The predicted molar refractivity (Wildman–Crippen MR) is 82.1 cm³/mol. The van der Waals surface area contributed by atoms with Crippen LogP contribution in [0.25, 0.3) is 0 Å². The Morgan fingerprint density at radius 2 is 1.81 bits per heavy atom. The van der Waals surface area contributed by atoms with Crippen LogP contribution in [0.15, 0.2) is 42.5 Å². The van der Waals surface area contributed by atoms with E-state index >= 15 is 0 Å². The molecule has 0 saturated heterocycles. The fourth-order valence-corrected chi connectivity index (χ4v) is 2.41. The molecule has 21 heavy (non-hydrogen) atoms. The highest BCUT2D eigenvalue weighted by Gasteiger charge is 2.18. The standard InChI is InChI=1S/C17H20FNO2/c1-11(17-14(18)8-6-10-16(17)21-3)19-15-9-5-4-7-13(15)12(2)20/h4-12,19-20H,1-3H3. The summed E-state index contributed by atoms with van der Waals surface area (Å²) in [5, 5.41) is 13.0. The van der Waals surface area contributed by atoms with E-state index in [-0.39, 0.29) is 11.9 Å². The molecule has 0 amide bonds. The second-order valence-corrected chi connectivity index (χ2v) is 4.99. The van der Waals surface area contributed by atoms with E-state index in [1.807, 2.05) is 31.2 Å². The van der Waals surface area contributed by atoms with Crippen molar-refractivity contribution in [1.82, 2.24) is 0 Å². The third-order valence-electron chi connectivity index (χ3n) is 3.45. The first-order valence-corrected chi connectivity index (χ1v) is 6.90. The maximum atomic E-state index is 14.1. The minimum absolute atomic E-state index is 0.291. The maximum Gasteiger partial charge on any atom is 0.132 e. The molecule has 2 aromatic rings. The van der Waals surface area contributed by atoms with Gasteiger partial charge < -0.3 is 15.2 Å². The van der Waals surface area contributed by atoms with E-state index in [2.05, 4.69) is 5.32 Å². The Kier molecular flexibility index (Phi) is 4.81. The first-order chi connectivity index (χ1) is 10.0. The Hall–Kier alpha value is -2.07. The summed E-state index contributed by atoms with van der Waals surface area (Å²) < 4.78 is 19.3. The fraction of sp³-hybridized carbons (Fsp3) is 0.294. The molecule has 4 heteroatoms. The number of aliphatic hydroxyl groups is 1. The topological polar surface area (TPSA) is 41.5 Å². The van der Waals surface area contributed by atoms with E-state index in [0.29, 0.717) is 11.3 Å². The Morgan fingerprint density at radius 3 is 2.48 bits per heavy atom. The highest BCUT2D eigenvalue weighted by Crippen LogP contribution is 2.32. The molecule has 0 radical (unpaired) electrons. The Bertz CT molecular complexity index is 613. The molecular formula is C17H20FNO2. The van der Waals surface area contributed by atoms with Crippen LogP contribution in [0.2, 0.25) is 0 Å². The van der Waals surface area contributed by atoms with Crippen LogP contribution < -0.4 is 10.1 Å². The van der Waals surface area contributed by atoms with E-state index in [4.69, 9.17) is 4.74 Å². The molecule has 0 aliphatic heterocycles. The summed E-state index contributed by atoms with van der Waals surface area (Å²) in [6, 6.07) is 11.9. The molecule has 0 aliphatic rings. The Labute approximate surface area is 124 Å². The molecule has 2 atom stereocenters. The Balaban J connectivity index is 2.33. The zero-order valence-corrected chi connectivity index (χ0v) is 12.4. The van der Waals surface area contributed by atoms with E-state index < -0.39 is 6.10 Å². The van der Waals surface area contributed by atoms with Crippen LogP contribution in [0.5, 0.6) is 5.75 Å². The molecule has 3 nitrogen and oxygen atoms in total. The summed E-state index contributed by atoms with van der Waals surface area (Å²) in [6.45, 7) is 3.56. The van der Waals surface area contributed by atoms with Gasteiger partial charge in [0.15, 0.2) is 0 Å².